The van der Waals surface area contributed by atoms with Crippen LogP contribution in [0.5, 0.6) is 5.75 Å². The smallest absolute Gasteiger partial charge is 0.409 e. The molecule has 0 saturated carbocycles. The lowest BCUT2D eigenvalue weighted by molar-refractivity contribution is 0.0625. The van der Waals surface area contributed by atoms with Gasteiger partial charge in [-0.3, -0.25) is 4.90 Å². The third-order valence-electron chi connectivity index (χ3n) is 4.11. The summed E-state index contributed by atoms with van der Waals surface area (Å²) in [6.45, 7) is 3.99. The number of nitrogens with zero attached hydrogens (tertiary/aromatic N) is 2. The van der Waals surface area contributed by atoms with Crippen molar-refractivity contribution in [1.82, 2.24) is 9.80 Å². The molecule has 1 amide bonds. The van der Waals surface area contributed by atoms with Gasteiger partial charge >= 0.3 is 6.09 Å². The summed E-state index contributed by atoms with van der Waals surface area (Å²) in [6.07, 6.45) is 0.784. The lowest BCUT2D eigenvalue weighted by Gasteiger charge is -2.40. The second-order valence-electron chi connectivity index (χ2n) is 5.18. The van der Waals surface area contributed by atoms with E-state index in [1.54, 1.807) is 4.90 Å². The van der Waals surface area contributed by atoms with Gasteiger partial charge in [0.15, 0.2) is 0 Å². The molecule has 108 valence electrons. The Morgan fingerprint density at radius 2 is 2.00 bits per heavy atom. The molecule has 2 heterocycles. The maximum absolute atomic E-state index is 11.5. The van der Waals surface area contributed by atoms with Gasteiger partial charge in [0.1, 0.15) is 5.75 Å². The van der Waals surface area contributed by atoms with Gasteiger partial charge in [-0.05, 0) is 6.07 Å². The lowest BCUT2D eigenvalue weighted by Crippen LogP contribution is -2.50. The molecule has 0 bridgehead atoms. The Hall–Kier alpha value is -1.75. The van der Waals surface area contributed by atoms with Crippen molar-refractivity contribution in [2.45, 2.75) is 12.5 Å². The summed E-state index contributed by atoms with van der Waals surface area (Å²) in [5, 5.41) is 0. The number of ether oxygens (including phenoxy) is 2. The summed E-state index contributed by atoms with van der Waals surface area (Å²) in [5.41, 5.74) is 1.27. The Morgan fingerprint density at radius 1 is 1.25 bits per heavy atom. The van der Waals surface area contributed by atoms with Crippen molar-refractivity contribution >= 4 is 6.09 Å². The Kier molecular flexibility index (Phi) is 3.78. The molecule has 0 radical (unpaired) electrons. The third-order valence-corrected chi connectivity index (χ3v) is 4.11. The summed E-state index contributed by atoms with van der Waals surface area (Å²) in [6, 6.07) is 8.65. The van der Waals surface area contributed by atoms with Gasteiger partial charge in [0.2, 0.25) is 0 Å². The van der Waals surface area contributed by atoms with Crippen molar-refractivity contribution in [2.75, 3.05) is 39.9 Å². The number of amides is 1. The fraction of sp³-hybridized carbons (Fsp3) is 0.533. The minimum atomic E-state index is -0.225. The molecule has 5 heteroatoms. The molecule has 3 rings (SSSR count). The van der Waals surface area contributed by atoms with Crippen LogP contribution < -0.4 is 4.74 Å². The van der Waals surface area contributed by atoms with Crippen molar-refractivity contribution < 1.29 is 14.3 Å². The monoisotopic (exact) mass is 276 g/mol. The van der Waals surface area contributed by atoms with Crippen molar-refractivity contribution in [3.63, 3.8) is 0 Å². The topological polar surface area (TPSA) is 42.0 Å². The van der Waals surface area contributed by atoms with E-state index in [-0.39, 0.29) is 6.09 Å². The molecule has 0 N–H and O–H groups in total. The zero-order chi connectivity index (χ0) is 13.9. The average molecular weight is 276 g/mol. The number of hydrogen-bond donors (Lipinski definition) is 0. The molecule has 0 aromatic heterocycles. The number of benzene rings is 1. The molecule has 1 fully saturated rings. The van der Waals surface area contributed by atoms with Crippen LogP contribution in [0, 0.1) is 0 Å². The summed E-state index contributed by atoms with van der Waals surface area (Å²) >= 11 is 0. The predicted octanol–water partition coefficient (Wildman–Crippen LogP) is 1.89. The maximum atomic E-state index is 11.5. The second kappa shape index (κ2) is 5.71. The molecular weight excluding hydrogens is 256 g/mol. The van der Waals surface area contributed by atoms with Gasteiger partial charge in [-0.1, -0.05) is 18.2 Å². The quantitative estimate of drug-likeness (QED) is 0.785. The van der Waals surface area contributed by atoms with E-state index in [0.717, 1.165) is 45.0 Å². The number of hydrogen-bond acceptors (Lipinski definition) is 4. The van der Waals surface area contributed by atoms with E-state index in [2.05, 4.69) is 17.0 Å². The fourth-order valence-corrected chi connectivity index (χ4v) is 3.05. The molecule has 2 aliphatic rings. The van der Waals surface area contributed by atoms with Crippen LogP contribution in [0.15, 0.2) is 24.3 Å². The number of fused-ring (bicyclic) bond motifs is 1. The van der Waals surface area contributed by atoms with Gasteiger partial charge in [0.25, 0.3) is 0 Å². The molecule has 0 spiro atoms. The van der Waals surface area contributed by atoms with Gasteiger partial charge in [0, 0.05) is 44.2 Å². The fourth-order valence-electron chi connectivity index (χ4n) is 3.05. The van der Waals surface area contributed by atoms with Gasteiger partial charge in [-0.25, -0.2) is 4.79 Å². The Bertz CT molecular complexity index is 484. The second-order valence-corrected chi connectivity index (χ2v) is 5.18. The number of carbonyl (C=O) groups is 1. The van der Waals surface area contributed by atoms with Crippen LogP contribution in [0.25, 0.3) is 0 Å². The first kappa shape index (κ1) is 13.2. The Morgan fingerprint density at radius 3 is 2.75 bits per heavy atom. The van der Waals surface area contributed by atoms with Gasteiger partial charge in [0.05, 0.1) is 13.7 Å². The van der Waals surface area contributed by atoms with E-state index in [9.17, 15) is 4.79 Å². The number of methoxy groups -OCH3 is 1. The molecule has 20 heavy (non-hydrogen) atoms. The Balaban J connectivity index is 1.69. The van der Waals surface area contributed by atoms with Gasteiger partial charge in [-0.2, -0.15) is 0 Å². The molecule has 0 aliphatic carbocycles. The van der Waals surface area contributed by atoms with Crippen LogP contribution in [0.3, 0.4) is 0 Å². The van der Waals surface area contributed by atoms with E-state index in [1.165, 1.54) is 12.7 Å². The molecule has 1 aromatic carbocycles. The standard InChI is InChI=1S/C15H20N2O3/c1-19-15(18)17-9-7-16(8-10-17)13-6-11-20-14-5-3-2-4-12(13)14/h2-5,13H,6-11H2,1H3. The van der Waals surface area contributed by atoms with Gasteiger partial charge in [-0.15, -0.1) is 0 Å². The zero-order valence-electron chi connectivity index (χ0n) is 11.7. The highest BCUT2D eigenvalue weighted by Gasteiger charge is 2.30. The summed E-state index contributed by atoms with van der Waals surface area (Å²) in [4.78, 5) is 15.7. The van der Waals surface area contributed by atoms with E-state index >= 15 is 0 Å². The molecule has 1 saturated heterocycles. The van der Waals surface area contributed by atoms with Crippen molar-refractivity contribution in [3.8, 4) is 5.75 Å². The number of para-hydroxylation sites is 1. The van der Waals surface area contributed by atoms with Crippen LogP contribution in [0.1, 0.15) is 18.0 Å². The molecule has 1 aromatic rings. The Labute approximate surface area is 119 Å². The molecule has 1 atom stereocenters. The van der Waals surface area contributed by atoms with E-state index in [1.807, 2.05) is 12.1 Å². The van der Waals surface area contributed by atoms with Crippen LogP contribution in [-0.2, 0) is 4.74 Å². The van der Waals surface area contributed by atoms with Crippen LogP contribution >= 0.6 is 0 Å². The normalized spacial score (nSPS) is 22.9. The lowest BCUT2D eigenvalue weighted by atomic mass is 9.98. The van der Waals surface area contributed by atoms with Crippen molar-refractivity contribution in [1.29, 1.82) is 0 Å². The maximum Gasteiger partial charge on any atom is 0.409 e. The molecule has 5 nitrogen and oxygen atoms in total. The highest BCUT2D eigenvalue weighted by Crippen LogP contribution is 2.36. The third kappa shape index (κ3) is 2.45. The minimum absolute atomic E-state index is 0.225. The molecular formula is C15H20N2O3. The first-order chi connectivity index (χ1) is 9.79. The zero-order valence-corrected chi connectivity index (χ0v) is 11.7. The van der Waals surface area contributed by atoms with E-state index < -0.39 is 0 Å². The average Bonchev–Trinajstić information content (AvgIpc) is 2.54. The molecule has 2 aliphatic heterocycles. The van der Waals surface area contributed by atoms with E-state index in [4.69, 9.17) is 9.47 Å². The highest BCUT2D eigenvalue weighted by molar-refractivity contribution is 5.67. The largest absolute Gasteiger partial charge is 0.493 e. The van der Waals surface area contributed by atoms with Gasteiger partial charge < -0.3 is 14.4 Å². The van der Waals surface area contributed by atoms with Crippen molar-refractivity contribution in [3.05, 3.63) is 29.8 Å². The number of rotatable bonds is 1. The predicted molar refractivity (Wildman–Crippen MR) is 74.8 cm³/mol. The SMILES string of the molecule is COC(=O)N1CCN(C2CCOc3ccccc32)CC1. The minimum Gasteiger partial charge on any atom is -0.493 e. The summed E-state index contributed by atoms with van der Waals surface area (Å²) < 4.78 is 10.5. The van der Waals surface area contributed by atoms with E-state index in [0.29, 0.717) is 6.04 Å². The summed E-state index contributed by atoms with van der Waals surface area (Å²) in [7, 11) is 1.43. The number of carbonyl (C=O) groups excluding carboxylic acids is 1. The highest BCUT2D eigenvalue weighted by atomic mass is 16.5. The summed E-state index contributed by atoms with van der Waals surface area (Å²) in [5.74, 6) is 0.999. The van der Waals surface area contributed by atoms with Crippen LogP contribution in [0.4, 0.5) is 4.79 Å². The van der Waals surface area contributed by atoms with Crippen molar-refractivity contribution in [2.24, 2.45) is 0 Å². The number of piperazine rings is 1. The first-order valence-electron chi connectivity index (χ1n) is 7.08. The molecule has 1 unspecified atom stereocenters. The van der Waals surface area contributed by atoms with Crippen LogP contribution in [0.2, 0.25) is 0 Å². The van der Waals surface area contributed by atoms with Crippen LogP contribution in [-0.4, -0.2) is 55.8 Å². The first-order valence-corrected chi connectivity index (χ1v) is 7.08.